The fraction of sp³-hybridized carbons (Fsp3) is 0.500. The Morgan fingerprint density at radius 3 is 2.14 bits per heavy atom. The number of hydrogen-bond donors (Lipinski definition) is 1. The lowest BCUT2D eigenvalue weighted by Crippen LogP contribution is -1.95. The maximum atomic E-state index is 12.5. The highest BCUT2D eigenvalue weighted by molar-refractivity contribution is 5.42. The molecule has 0 unspecified atom stereocenters. The van der Waals surface area contributed by atoms with Gasteiger partial charge in [0.1, 0.15) is 5.82 Å². The first-order valence-corrected chi connectivity index (χ1v) is 5.32. The minimum Gasteiger partial charge on any atom is -0.385 e. The Labute approximate surface area is 87.3 Å². The Hall–Kier alpha value is -1.05. The lowest BCUT2D eigenvalue weighted by Gasteiger charge is -2.00. The SMILES string of the molecule is CC.CC.CCNc1cccc(F)c1. The quantitative estimate of drug-likeness (QED) is 0.748. The van der Waals surface area contributed by atoms with Crippen LogP contribution in [0.4, 0.5) is 10.1 Å². The van der Waals surface area contributed by atoms with E-state index in [0.29, 0.717) is 0 Å². The number of rotatable bonds is 2. The van der Waals surface area contributed by atoms with Gasteiger partial charge in [0, 0.05) is 12.2 Å². The summed E-state index contributed by atoms with van der Waals surface area (Å²) in [6.07, 6.45) is 0. The molecule has 1 aromatic rings. The predicted octanol–water partition coefficient (Wildman–Crippen LogP) is 4.31. The van der Waals surface area contributed by atoms with Crippen molar-refractivity contribution in [3.05, 3.63) is 30.1 Å². The first-order chi connectivity index (χ1) is 6.83. The summed E-state index contributed by atoms with van der Waals surface area (Å²) >= 11 is 0. The summed E-state index contributed by atoms with van der Waals surface area (Å²) < 4.78 is 12.5. The predicted molar refractivity (Wildman–Crippen MR) is 63.3 cm³/mol. The third-order valence-corrected chi connectivity index (χ3v) is 1.21. The fourth-order valence-electron chi connectivity index (χ4n) is 0.803. The van der Waals surface area contributed by atoms with Crippen molar-refractivity contribution >= 4 is 5.69 Å². The smallest absolute Gasteiger partial charge is 0.125 e. The average Bonchev–Trinajstić information content (AvgIpc) is 2.24. The van der Waals surface area contributed by atoms with Crippen LogP contribution in [-0.2, 0) is 0 Å². The van der Waals surface area contributed by atoms with Crippen LogP contribution in [-0.4, -0.2) is 6.54 Å². The van der Waals surface area contributed by atoms with Gasteiger partial charge >= 0.3 is 0 Å². The third-order valence-electron chi connectivity index (χ3n) is 1.21. The van der Waals surface area contributed by atoms with Crippen LogP contribution >= 0.6 is 0 Å². The molecule has 0 amide bonds. The molecule has 0 radical (unpaired) electrons. The lowest BCUT2D eigenvalue weighted by atomic mass is 10.3. The van der Waals surface area contributed by atoms with Crippen LogP contribution in [0.25, 0.3) is 0 Å². The second kappa shape index (κ2) is 11.9. The molecule has 0 aliphatic rings. The van der Waals surface area contributed by atoms with Gasteiger partial charge in [0.15, 0.2) is 0 Å². The highest BCUT2D eigenvalue weighted by Gasteiger charge is 1.90. The van der Waals surface area contributed by atoms with Gasteiger partial charge in [-0.15, -0.1) is 0 Å². The van der Waals surface area contributed by atoms with Gasteiger partial charge in [0.2, 0.25) is 0 Å². The van der Waals surface area contributed by atoms with Gasteiger partial charge in [-0.2, -0.15) is 0 Å². The molecule has 0 spiro atoms. The molecule has 0 aliphatic carbocycles. The second-order valence-corrected chi connectivity index (χ2v) is 2.04. The van der Waals surface area contributed by atoms with E-state index in [9.17, 15) is 4.39 Å². The number of benzene rings is 1. The topological polar surface area (TPSA) is 12.0 Å². The van der Waals surface area contributed by atoms with Crippen LogP contribution in [0.2, 0.25) is 0 Å². The zero-order valence-corrected chi connectivity index (χ0v) is 9.89. The minimum absolute atomic E-state index is 0.196. The molecule has 1 rings (SSSR count). The van der Waals surface area contributed by atoms with E-state index in [2.05, 4.69) is 5.32 Å². The molecule has 0 saturated carbocycles. The molecule has 82 valence electrons. The van der Waals surface area contributed by atoms with Gasteiger partial charge in [-0.1, -0.05) is 33.8 Å². The first-order valence-electron chi connectivity index (χ1n) is 5.32. The van der Waals surface area contributed by atoms with Crippen molar-refractivity contribution < 1.29 is 4.39 Å². The molecule has 0 fully saturated rings. The Morgan fingerprint density at radius 2 is 1.71 bits per heavy atom. The molecular formula is C12H22FN. The average molecular weight is 199 g/mol. The molecule has 0 aliphatic heterocycles. The summed E-state index contributed by atoms with van der Waals surface area (Å²) in [6, 6.07) is 6.43. The second-order valence-electron chi connectivity index (χ2n) is 2.04. The summed E-state index contributed by atoms with van der Waals surface area (Å²) in [5, 5.41) is 3.01. The molecule has 1 aromatic carbocycles. The van der Waals surface area contributed by atoms with Crippen LogP contribution in [0.1, 0.15) is 34.6 Å². The molecule has 0 saturated heterocycles. The van der Waals surface area contributed by atoms with Gasteiger partial charge in [-0.3, -0.25) is 0 Å². The molecule has 1 nitrogen and oxygen atoms in total. The van der Waals surface area contributed by atoms with E-state index < -0.39 is 0 Å². The van der Waals surface area contributed by atoms with E-state index in [-0.39, 0.29) is 5.82 Å². The van der Waals surface area contributed by atoms with Crippen molar-refractivity contribution in [2.45, 2.75) is 34.6 Å². The first kappa shape index (κ1) is 15.4. The van der Waals surface area contributed by atoms with Gasteiger partial charge in [-0.05, 0) is 25.1 Å². The van der Waals surface area contributed by atoms with E-state index in [1.54, 1.807) is 6.07 Å². The molecule has 0 heterocycles. The number of anilines is 1. The maximum absolute atomic E-state index is 12.5. The molecule has 0 bridgehead atoms. The van der Waals surface area contributed by atoms with E-state index in [0.717, 1.165) is 12.2 Å². The Balaban J connectivity index is 0. The number of hydrogen-bond acceptors (Lipinski definition) is 1. The number of halogens is 1. The highest BCUT2D eigenvalue weighted by Crippen LogP contribution is 2.07. The Bertz CT molecular complexity index is 211. The standard InChI is InChI=1S/C8H10FN.2C2H6/c1-2-10-8-5-3-4-7(9)6-8;2*1-2/h3-6,10H,2H2,1H3;2*1-2H3. The summed E-state index contributed by atoms with van der Waals surface area (Å²) in [6.45, 7) is 10.8. The summed E-state index contributed by atoms with van der Waals surface area (Å²) in [5.74, 6) is -0.196. The van der Waals surface area contributed by atoms with E-state index in [4.69, 9.17) is 0 Å². The van der Waals surface area contributed by atoms with Crippen LogP contribution in [0, 0.1) is 5.82 Å². The normalized spacial score (nSPS) is 7.57. The van der Waals surface area contributed by atoms with Crippen molar-refractivity contribution in [1.29, 1.82) is 0 Å². The maximum Gasteiger partial charge on any atom is 0.125 e. The molecule has 14 heavy (non-hydrogen) atoms. The van der Waals surface area contributed by atoms with Crippen molar-refractivity contribution in [2.75, 3.05) is 11.9 Å². The lowest BCUT2D eigenvalue weighted by molar-refractivity contribution is 0.628. The molecular weight excluding hydrogens is 177 g/mol. The largest absolute Gasteiger partial charge is 0.385 e. The molecule has 0 atom stereocenters. The van der Waals surface area contributed by atoms with Crippen LogP contribution in [0.15, 0.2) is 24.3 Å². The fourth-order valence-corrected chi connectivity index (χ4v) is 0.803. The van der Waals surface area contributed by atoms with Crippen molar-refractivity contribution in [3.63, 3.8) is 0 Å². The highest BCUT2D eigenvalue weighted by atomic mass is 19.1. The van der Waals surface area contributed by atoms with Crippen LogP contribution < -0.4 is 5.32 Å². The van der Waals surface area contributed by atoms with Crippen molar-refractivity contribution in [1.82, 2.24) is 0 Å². The van der Waals surface area contributed by atoms with E-state index >= 15 is 0 Å². The number of nitrogens with one attached hydrogen (secondary N) is 1. The molecule has 0 aromatic heterocycles. The van der Waals surface area contributed by atoms with Crippen molar-refractivity contribution in [3.8, 4) is 0 Å². The molecule has 2 heteroatoms. The van der Waals surface area contributed by atoms with Gasteiger partial charge in [0.05, 0.1) is 0 Å². The van der Waals surface area contributed by atoms with E-state index in [1.165, 1.54) is 12.1 Å². The minimum atomic E-state index is -0.196. The Kier molecular flexibility index (Phi) is 13.2. The summed E-state index contributed by atoms with van der Waals surface area (Å²) in [4.78, 5) is 0. The third kappa shape index (κ3) is 7.59. The zero-order chi connectivity index (χ0) is 11.4. The zero-order valence-electron chi connectivity index (χ0n) is 9.89. The van der Waals surface area contributed by atoms with Gasteiger partial charge in [-0.25, -0.2) is 4.39 Å². The van der Waals surface area contributed by atoms with Crippen LogP contribution in [0.5, 0.6) is 0 Å². The van der Waals surface area contributed by atoms with Crippen molar-refractivity contribution in [2.24, 2.45) is 0 Å². The monoisotopic (exact) mass is 199 g/mol. The van der Waals surface area contributed by atoms with Gasteiger partial charge < -0.3 is 5.32 Å². The van der Waals surface area contributed by atoms with E-state index in [1.807, 2.05) is 40.7 Å². The van der Waals surface area contributed by atoms with Gasteiger partial charge in [0.25, 0.3) is 0 Å². The summed E-state index contributed by atoms with van der Waals surface area (Å²) in [7, 11) is 0. The molecule has 1 N–H and O–H groups in total. The van der Waals surface area contributed by atoms with Crippen LogP contribution in [0.3, 0.4) is 0 Å². The Morgan fingerprint density at radius 1 is 1.14 bits per heavy atom. The summed E-state index contributed by atoms with van der Waals surface area (Å²) in [5.41, 5.74) is 0.836.